The summed E-state index contributed by atoms with van der Waals surface area (Å²) in [5.41, 5.74) is 1.95. The van der Waals surface area contributed by atoms with Crippen molar-refractivity contribution >= 4 is 45.1 Å². The molecule has 0 N–H and O–H groups in total. The SMILES string of the molecule is CC(=O)Oc1ccc(N2C(=O)CC(N(CCc3cccc(Cl)c3)S(=O)(=O)c3ccc(C)cc3)C2=O)cc1. The van der Waals surface area contributed by atoms with Crippen molar-refractivity contribution in [2.24, 2.45) is 0 Å². The summed E-state index contributed by atoms with van der Waals surface area (Å²) in [5.74, 6) is -1.41. The molecule has 1 heterocycles. The van der Waals surface area contributed by atoms with Gasteiger partial charge in [-0.15, -0.1) is 0 Å². The first-order chi connectivity index (χ1) is 17.6. The van der Waals surface area contributed by atoms with Gasteiger partial charge in [0.15, 0.2) is 0 Å². The maximum Gasteiger partial charge on any atom is 0.308 e. The molecule has 1 atom stereocenters. The van der Waals surface area contributed by atoms with Crippen LogP contribution in [0.1, 0.15) is 24.5 Å². The largest absolute Gasteiger partial charge is 0.427 e. The number of hydrogen-bond donors (Lipinski definition) is 0. The first-order valence-corrected chi connectivity index (χ1v) is 13.4. The number of rotatable bonds is 8. The summed E-state index contributed by atoms with van der Waals surface area (Å²) in [6.07, 6.45) is -0.00806. The molecule has 0 aromatic heterocycles. The molecule has 1 fully saturated rings. The molecule has 0 spiro atoms. The van der Waals surface area contributed by atoms with Gasteiger partial charge in [0.2, 0.25) is 15.9 Å². The van der Waals surface area contributed by atoms with Crippen LogP contribution in [0.2, 0.25) is 5.02 Å². The van der Waals surface area contributed by atoms with E-state index in [4.69, 9.17) is 16.3 Å². The third-order valence-corrected chi connectivity index (χ3v) is 8.12. The molecule has 0 radical (unpaired) electrons. The average molecular weight is 541 g/mol. The molecule has 1 aliphatic rings. The Balaban J connectivity index is 1.66. The lowest BCUT2D eigenvalue weighted by atomic mass is 10.1. The van der Waals surface area contributed by atoms with Crippen LogP contribution in [-0.2, 0) is 30.8 Å². The summed E-state index contributed by atoms with van der Waals surface area (Å²) in [4.78, 5) is 38.7. The van der Waals surface area contributed by atoms with E-state index >= 15 is 0 Å². The molecule has 10 heteroatoms. The highest BCUT2D eigenvalue weighted by Gasteiger charge is 2.46. The summed E-state index contributed by atoms with van der Waals surface area (Å²) in [6, 6.07) is 18.0. The molecule has 1 aliphatic heterocycles. The molecule has 1 saturated heterocycles. The van der Waals surface area contributed by atoms with Gasteiger partial charge in [-0.2, -0.15) is 4.31 Å². The van der Waals surface area contributed by atoms with Gasteiger partial charge in [0.05, 0.1) is 17.0 Å². The van der Waals surface area contributed by atoms with Crippen molar-refractivity contribution in [3.63, 3.8) is 0 Å². The van der Waals surface area contributed by atoms with Gasteiger partial charge in [-0.25, -0.2) is 13.3 Å². The summed E-state index contributed by atoms with van der Waals surface area (Å²) >= 11 is 6.09. The number of ether oxygens (including phenoxy) is 1. The number of benzene rings is 3. The number of sulfonamides is 1. The second kappa shape index (κ2) is 10.8. The zero-order chi connectivity index (χ0) is 26.7. The minimum Gasteiger partial charge on any atom is -0.427 e. The molecule has 1 unspecified atom stereocenters. The summed E-state index contributed by atoms with van der Waals surface area (Å²) in [5, 5.41) is 0.515. The van der Waals surface area contributed by atoms with Crippen LogP contribution < -0.4 is 9.64 Å². The van der Waals surface area contributed by atoms with Crippen LogP contribution in [0.4, 0.5) is 5.69 Å². The monoisotopic (exact) mass is 540 g/mol. The molecule has 37 heavy (non-hydrogen) atoms. The van der Waals surface area contributed by atoms with E-state index in [1.807, 2.05) is 13.0 Å². The molecule has 0 saturated carbocycles. The van der Waals surface area contributed by atoms with Gasteiger partial charge < -0.3 is 4.74 Å². The highest BCUT2D eigenvalue weighted by molar-refractivity contribution is 7.89. The number of imide groups is 1. The van der Waals surface area contributed by atoms with E-state index in [9.17, 15) is 22.8 Å². The molecule has 8 nitrogen and oxygen atoms in total. The number of hydrogen-bond acceptors (Lipinski definition) is 6. The Morgan fingerprint density at radius 2 is 1.73 bits per heavy atom. The normalized spacial score (nSPS) is 15.9. The number of anilines is 1. The molecule has 3 aromatic carbocycles. The first-order valence-electron chi connectivity index (χ1n) is 11.5. The Morgan fingerprint density at radius 3 is 2.35 bits per heavy atom. The number of carbonyl (C=O) groups is 3. The van der Waals surface area contributed by atoms with Crippen LogP contribution in [0.5, 0.6) is 5.75 Å². The first kappa shape index (κ1) is 26.5. The lowest BCUT2D eigenvalue weighted by Gasteiger charge is -2.27. The van der Waals surface area contributed by atoms with E-state index in [2.05, 4.69) is 0 Å². The summed E-state index contributed by atoms with van der Waals surface area (Å²) in [7, 11) is -4.12. The fraction of sp³-hybridized carbons (Fsp3) is 0.222. The topological polar surface area (TPSA) is 101 Å². The summed E-state index contributed by atoms with van der Waals surface area (Å²) in [6.45, 7) is 3.08. The minimum atomic E-state index is -4.12. The van der Waals surface area contributed by atoms with Crippen molar-refractivity contribution in [3.05, 3.63) is 88.9 Å². The van der Waals surface area contributed by atoms with Gasteiger partial charge in [0.1, 0.15) is 11.8 Å². The number of amides is 2. The molecule has 0 aliphatic carbocycles. The average Bonchev–Trinajstić information content (AvgIpc) is 3.13. The fourth-order valence-corrected chi connectivity index (χ4v) is 5.96. The van der Waals surface area contributed by atoms with Crippen molar-refractivity contribution in [1.82, 2.24) is 4.31 Å². The highest BCUT2D eigenvalue weighted by Crippen LogP contribution is 2.31. The predicted octanol–water partition coefficient (Wildman–Crippen LogP) is 4.14. The zero-order valence-electron chi connectivity index (χ0n) is 20.3. The van der Waals surface area contributed by atoms with E-state index < -0.39 is 33.8 Å². The Kier molecular flexibility index (Phi) is 7.77. The minimum absolute atomic E-state index is 0.0283. The van der Waals surface area contributed by atoms with Gasteiger partial charge in [0.25, 0.3) is 5.91 Å². The Bertz CT molecular complexity index is 1440. The molecule has 3 aromatic rings. The van der Waals surface area contributed by atoms with Gasteiger partial charge in [0, 0.05) is 18.5 Å². The van der Waals surface area contributed by atoms with Crippen molar-refractivity contribution in [2.75, 3.05) is 11.4 Å². The number of aryl methyl sites for hydroxylation is 1. The van der Waals surface area contributed by atoms with Gasteiger partial charge in [-0.05, 0) is 67.4 Å². The third-order valence-electron chi connectivity index (χ3n) is 5.96. The van der Waals surface area contributed by atoms with Crippen LogP contribution in [-0.4, -0.2) is 43.1 Å². The van der Waals surface area contributed by atoms with Crippen LogP contribution in [0.25, 0.3) is 0 Å². The smallest absolute Gasteiger partial charge is 0.308 e. The lowest BCUT2D eigenvalue weighted by Crippen LogP contribution is -2.46. The lowest BCUT2D eigenvalue weighted by molar-refractivity contribution is -0.132. The number of carbonyl (C=O) groups excluding carboxylic acids is 3. The Labute approximate surface area is 220 Å². The maximum absolute atomic E-state index is 13.7. The Morgan fingerprint density at radius 1 is 1.05 bits per heavy atom. The number of nitrogens with zero attached hydrogens (tertiary/aromatic N) is 2. The third kappa shape index (κ3) is 5.90. The molecule has 4 rings (SSSR count). The fourth-order valence-electron chi connectivity index (χ4n) is 4.16. The van der Waals surface area contributed by atoms with E-state index in [0.29, 0.717) is 11.4 Å². The van der Waals surface area contributed by atoms with E-state index in [-0.39, 0.29) is 29.3 Å². The predicted molar refractivity (Wildman–Crippen MR) is 139 cm³/mol. The van der Waals surface area contributed by atoms with Crippen molar-refractivity contribution < 1.29 is 27.5 Å². The maximum atomic E-state index is 13.7. The zero-order valence-corrected chi connectivity index (χ0v) is 21.8. The van der Waals surface area contributed by atoms with E-state index in [1.165, 1.54) is 43.3 Å². The standard InChI is InChI=1S/C27H25ClN2O6S/c1-18-6-12-24(13-7-18)37(34,35)29(15-14-20-4-3-5-21(28)16-20)25-17-26(32)30(27(25)33)22-8-10-23(11-9-22)36-19(2)31/h3-13,16,25H,14-15,17H2,1-2H3. The Hall–Kier alpha value is -3.53. The number of halogens is 1. The van der Waals surface area contributed by atoms with Crippen LogP contribution in [0.15, 0.2) is 77.7 Å². The van der Waals surface area contributed by atoms with E-state index in [1.54, 1.807) is 30.3 Å². The van der Waals surface area contributed by atoms with Crippen LogP contribution >= 0.6 is 11.6 Å². The van der Waals surface area contributed by atoms with Crippen LogP contribution in [0, 0.1) is 6.92 Å². The van der Waals surface area contributed by atoms with Crippen molar-refractivity contribution in [1.29, 1.82) is 0 Å². The summed E-state index contributed by atoms with van der Waals surface area (Å²) < 4.78 is 33.6. The second-order valence-corrected chi connectivity index (χ2v) is 11.0. The molecular weight excluding hydrogens is 516 g/mol. The van der Waals surface area contributed by atoms with Crippen LogP contribution in [0.3, 0.4) is 0 Å². The van der Waals surface area contributed by atoms with Gasteiger partial charge in [-0.1, -0.05) is 41.4 Å². The van der Waals surface area contributed by atoms with Gasteiger partial charge >= 0.3 is 5.97 Å². The highest BCUT2D eigenvalue weighted by atomic mass is 35.5. The molecule has 192 valence electrons. The quantitative estimate of drug-likeness (QED) is 0.242. The molecule has 0 bridgehead atoms. The molecular formula is C27H25ClN2O6S. The van der Waals surface area contributed by atoms with Crippen molar-refractivity contribution in [2.45, 2.75) is 37.6 Å². The van der Waals surface area contributed by atoms with E-state index in [0.717, 1.165) is 20.3 Å². The number of esters is 1. The van der Waals surface area contributed by atoms with Gasteiger partial charge in [-0.3, -0.25) is 14.4 Å². The van der Waals surface area contributed by atoms with Crippen molar-refractivity contribution in [3.8, 4) is 5.75 Å². The molecule has 2 amide bonds. The second-order valence-electron chi connectivity index (χ2n) is 8.68.